The van der Waals surface area contributed by atoms with Gasteiger partial charge in [0.25, 0.3) is 0 Å². The Morgan fingerprint density at radius 1 is 1.24 bits per heavy atom. The molecule has 0 radical (unpaired) electrons. The van der Waals surface area contributed by atoms with Gasteiger partial charge < -0.3 is 10.4 Å². The van der Waals surface area contributed by atoms with Crippen LogP contribution in [0.4, 0.5) is 0 Å². The molecule has 2 heterocycles. The van der Waals surface area contributed by atoms with Crippen molar-refractivity contribution in [1.29, 1.82) is 0 Å². The summed E-state index contributed by atoms with van der Waals surface area (Å²) in [6.45, 7) is 8.28. The number of nitrogens with zero attached hydrogens (tertiary/aromatic N) is 3. The van der Waals surface area contributed by atoms with E-state index in [0.29, 0.717) is 12.1 Å². The molecule has 1 aromatic heterocycles. The van der Waals surface area contributed by atoms with Gasteiger partial charge in [-0.1, -0.05) is 30.3 Å². The van der Waals surface area contributed by atoms with E-state index in [2.05, 4.69) is 65.7 Å². The predicted molar refractivity (Wildman–Crippen MR) is 100 cm³/mol. The topological polar surface area (TPSA) is 53.3 Å². The molecule has 1 aromatic carbocycles. The normalized spacial score (nSPS) is 21.8. The van der Waals surface area contributed by atoms with Gasteiger partial charge in [-0.25, -0.2) is 0 Å². The van der Waals surface area contributed by atoms with E-state index in [1.54, 1.807) is 0 Å². The third kappa shape index (κ3) is 4.91. The molecule has 0 amide bonds. The van der Waals surface area contributed by atoms with Gasteiger partial charge in [-0.05, 0) is 32.4 Å². The van der Waals surface area contributed by atoms with E-state index in [1.807, 2.05) is 10.9 Å². The summed E-state index contributed by atoms with van der Waals surface area (Å²) in [7, 11) is 0. The lowest BCUT2D eigenvalue weighted by Gasteiger charge is -2.38. The van der Waals surface area contributed by atoms with Crippen LogP contribution in [-0.4, -0.2) is 45.5 Å². The van der Waals surface area contributed by atoms with Crippen molar-refractivity contribution in [2.75, 3.05) is 19.7 Å². The molecule has 136 valence electrons. The fourth-order valence-electron chi connectivity index (χ4n) is 3.55. The number of aliphatic hydroxyl groups excluding tert-OH is 1. The first kappa shape index (κ1) is 18.1. The summed E-state index contributed by atoms with van der Waals surface area (Å²) in [6.07, 6.45) is 5.11. The molecule has 3 rings (SSSR count). The van der Waals surface area contributed by atoms with Gasteiger partial charge in [0.1, 0.15) is 0 Å². The maximum Gasteiger partial charge on any atom is 0.0534 e. The number of aromatic nitrogens is 2. The Kier molecular flexibility index (Phi) is 6.24. The van der Waals surface area contributed by atoms with Crippen molar-refractivity contribution >= 4 is 0 Å². The van der Waals surface area contributed by atoms with E-state index < -0.39 is 0 Å². The van der Waals surface area contributed by atoms with E-state index in [9.17, 15) is 5.11 Å². The lowest BCUT2D eigenvalue weighted by Crippen LogP contribution is -2.50. The SMILES string of the molecule is CC(C)n1cc(CNC2CCN(Cc3ccccc3)CC2CO)cn1. The van der Waals surface area contributed by atoms with Gasteiger partial charge in [-0.2, -0.15) is 5.10 Å². The monoisotopic (exact) mass is 342 g/mol. The Hall–Kier alpha value is -1.69. The molecule has 1 aliphatic rings. The van der Waals surface area contributed by atoms with Crippen molar-refractivity contribution in [3.8, 4) is 0 Å². The molecule has 2 aromatic rings. The van der Waals surface area contributed by atoms with Gasteiger partial charge >= 0.3 is 0 Å². The van der Waals surface area contributed by atoms with E-state index in [0.717, 1.165) is 32.6 Å². The van der Waals surface area contributed by atoms with Crippen LogP contribution in [0.2, 0.25) is 0 Å². The van der Waals surface area contributed by atoms with Crippen LogP contribution < -0.4 is 5.32 Å². The largest absolute Gasteiger partial charge is 0.396 e. The van der Waals surface area contributed by atoms with Gasteiger partial charge in [0.2, 0.25) is 0 Å². The fraction of sp³-hybridized carbons (Fsp3) is 0.550. The molecule has 1 aliphatic heterocycles. The quantitative estimate of drug-likeness (QED) is 0.811. The van der Waals surface area contributed by atoms with Gasteiger partial charge in [0, 0.05) is 56.0 Å². The highest BCUT2D eigenvalue weighted by molar-refractivity contribution is 5.14. The van der Waals surface area contributed by atoms with E-state index in [1.165, 1.54) is 11.1 Å². The minimum absolute atomic E-state index is 0.230. The molecule has 5 nitrogen and oxygen atoms in total. The second kappa shape index (κ2) is 8.61. The standard InChI is InChI=1S/C20H30N4O/c1-16(2)24-13-18(11-22-24)10-21-20-8-9-23(14-19(20)15-25)12-17-6-4-3-5-7-17/h3-7,11,13,16,19-21,25H,8-10,12,14-15H2,1-2H3. The number of piperidine rings is 1. The summed E-state index contributed by atoms with van der Waals surface area (Å²) in [4.78, 5) is 2.45. The summed E-state index contributed by atoms with van der Waals surface area (Å²) in [5.74, 6) is 0.276. The van der Waals surface area contributed by atoms with Crippen molar-refractivity contribution < 1.29 is 5.11 Å². The highest BCUT2D eigenvalue weighted by Gasteiger charge is 2.28. The zero-order valence-electron chi connectivity index (χ0n) is 15.3. The van der Waals surface area contributed by atoms with Crippen molar-refractivity contribution in [2.24, 2.45) is 5.92 Å². The lowest BCUT2D eigenvalue weighted by molar-refractivity contribution is 0.0849. The minimum atomic E-state index is 0.230. The predicted octanol–water partition coefficient (Wildman–Crippen LogP) is 2.44. The third-order valence-electron chi connectivity index (χ3n) is 5.05. The second-order valence-corrected chi connectivity index (χ2v) is 7.36. The summed E-state index contributed by atoms with van der Waals surface area (Å²) in [5, 5.41) is 17.9. The van der Waals surface area contributed by atoms with Crippen LogP contribution in [0.25, 0.3) is 0 Å². The smallest absolute Gasteiger partial charge is 0.0534 e. The number of benzene rings is 1. The zero-order chi connectivity index (χ0) is 17.6. The summed E-state index contributed by atoms with van der Waals surface area (Å²) < 4.78 is 1.99. The van der Waals surface area contributed by atoms with Crippen LogP contribution in [0.3, 0.4) is 0 Å². The van der Waals surface area contributed by atoms with Crippen molar-refractivity contribution in [3.05, 3.63) is 53.9 Å². The van der Waals surface area contributed by atoms with Crippen LogP contribution in [0, 0.1) is 5.92 Å². The van der Waals surface area contributed by atoms with E-state index in [-0.39, 0.29) is 12.5 Å². The molecule has 1 saturated heterocycles. The average Bonchev–Trinajstić information content (AvgIpc) is 3.11. The van der Waals surface area contributed by atoms with Crippen molar-refractivity contribution in [1.82, 2.24) is 20.0 Å². The maximum absolute atomic E-state index is 9.84. The van der Waals surface area contributed by atoms with Gasteiger partial charge in [-0.15, -0.1) is 0 Å². The number of nitrogens with one attached hydrogen (secondary N) is 1. The highest BCUT2D eigenvalue weighted by Crippen LogP contribution is 2.19. The Labute approximate surface area is 150 Å². The Bertz CT molecular complexity index is 640. The zero-order valence-corrected chi connectivity index (χ0v) is 15.3. The van der Waals surface area contributed by atoms with Crippen LogP contribution in [0.1, 0.15) is 37.4 Å². The maximum atomic E-state index is 9.84. The summed E-state index contributed by atoms with van der Waals surface area (Å²) in [6, 6.07) is 11.3. The Morgan fingerprint density at radius 2 is 2.04 bits per heavy atom. The molecule has 2 unspecified atom stereocenters. The molecule has 25 heavy (non-hydrogen) atoms. The molecule has 1 fully saturated rings. The molecular formula is C20H30N4O. The summed E-state index contributed by atoms with van der Waals surface area (Å²) in [5.41, 5.74) is 2.55. The first-order valence-electron chi connectivity index (χ1n) is 9.29. The Balaban J connectivity index is 1.51. The van der Waals surface area contributed by atoms with Crippen molar-refractivity contribution in [2.45, 2.75) is 45.4 Å². The van der Waals surface area contributed by atoms with Crippen LogP contribution in [0.15, 0.2) is 42.7 Å². The van der Waals surface area contributed by atoms with Gasteiger partial charge in [0.05, 0.1) is 6.20 Å². The van der Waals surface area contributed by atoms with E-state index >= 15 is 0 Å². The second-order valence-electron chi connectivity index (χ2n) is 7.36. The first-order chi connectivity index (χ1) is 12.2. The van der Waals surface area contributed by atoms with Crippen LogP contribution >= 0.6 is 0 Å². The number of aliphatic hydroxyl groups is 1. The van der Waals surface area contributed by atoms with Crippen LogP contribution in [0.5, 0.6) is 0 Å². The lowest BCUT2D eigenvalue weighted by atomic mass is 9.92. The molecular weight excluding hydrogens is 312 g/mol. The first-order valence-corrected chi connectivity index (χ1v) is 9.29. The number of hydrogen-bond acceptors (Lipinski definition) is 4. The van der Waals surface area contributed by atoms with Gasteiger partial charge in [0.15, 0.2) is 0 Å². The molecule has 2 atom stereocenters. The summed E-state index contributed by atoms with van der Waals surface area (Å²) >= 11 is 0. The van der Waals surface area contributed by atoms with E-state index in [4.69, 9.17) is 0 Å². The number of hydrogen-bond donors (Lipinski definition) is 2. The molecule has 0 saturated carbocycles. The van der Waals surface area contributed by atoms with Gasteiger partial charge in [-0.3, -0.25) is 9.58 Å². The Morgan fingerprint density at radius 3 is 2.72 bits per heavy atom. The van der Waals surface area contributed by atoms with Crippen LogP contribution in [-0.2, 0) is 13.1 Å². The fourth-order valence-corrected chi connectivity index (χ4v) is 3.55. The molecule has 0 aliphatic carbocycles. The average molecular weight is 342 g/mol. The molecule has 0 spiro atoms. The molecule has 0 bridgehead atoms. The molecule has 5 heteroatoms. The number of likely N-dealkylation sites (tertiary alicyclic amines) is 1. The molecule has 2 N–H and O–H groups in total. The van der Waals surface area contributed by atoms with Crippen molar-refractivity contribution in [3.63, 3.8) is 0 Å². The number of rotatable bonds is 7. The highest BCUT2D eigenvalue weighted by atomic mass is 16.3. The third-order valence-corrected chi connectivity index (χ3v) is 5.05. The minimum Gasteiger partial charge on any atom is -0.396 e.